The average molecular weight is 256 g/mol. The first kappa shape index (κ1) is 16.9. The topological polar surface area (TPSA) is 66.8 Å². The van der Waals surface area contributed by atoms with E-state index < -0.39 is 11.5 Å². The molecule has 0 unspecified atom stereocenters. The average Bonchev–Trinajstić information content (AvgIpc) is 2.30. The van der Waals surface area contributed by atoms with E-state index in [0.29, 0.717) is 0 Å². The maximum atomic E-state index is 11.4. The van der Waals surface area contributed by atoms with E-state index in [9.17, 15) is 9.90 Å². The van der Waals surface area contributed by atoms with Crippen LogP contribution in [0.3, 0.4) is 0 Å². The van der Waals surface area contributed by atoms with Crippen LogP contribution in [0.2, 0.25) is 0 Å². The minimum absolute atomic E-state index is 0.0284. The third-order valence-electron chi connectivity index (χ3n) is 2.60. The van der Waals surface area contributed by atoms with Gasteiger partial charge in [0.05, 0.1) is 11.5 Å². The van der Waals surface area contributed by atoms with Gasteiger partial charge < -0.3 is 14.9 Å². The molecule has 0 amide bonds. The van der Waals surface area contributed by atoms with Crippen molar-refractivity contribution in [3.05, 3.63) is 0 Å². The van der Waals surface area contributed by atoms with Gasteiger partial charge in [-0.2, -0.15) is 0 Å². The standard InChI is InChI=1S/C14H24O4/c1-10(12(16)11(2)9-15)7-6-8-18-13(17)14(3,4)5/h10-12,15-16H,8-9H2,1-5H3/t10-,11+,12+/m0/s1. The smallest absolute Gasteiger partial charge is 0.312 e. The van der Waals surface area contributed by atoms with Crippen molar-refractivity contribution in [3.63, 3.8) is 0 Å². The number of esters is 1. The van der Waals surface area contributed by atoms with E-state index in [1.54, 1.807) is 34.6 Å². The minimum atomic E-state index is -0.680. The second-order valence-electron chi connectivity index (χ2n) is 5.59. The van der Waals surface area contributed by atoms with Crippen LogP contribution in [0, 0.1) is 29.1 Å². The molecule has 104 valence electrons. The van der Waals surface area contributed by atoms with Crippen molar-refractivity contribution in [2.45, 2.75) is 40.7 Å². The Kier molecular flexibility index (Phi) is 6.97. The van der Waals surface area contributed by atoms with Crippen LogP contribution < -0.4 is 0 Å². The lowest BCUT2D eigenvalue weighted by Gasteiger charge is -2.19. The SMILES string of the molecule is C[C@H](CO)[C@H](O)[C@@H](C)C#CCOC(=O)C(C)(C)C. The van der Waals surface area contributed by atoms with Crippen LogP contribution in [-0.4, -0.2) is 35.5 Å². The minimum Gasteiger partial charge on any atom is -0.452 e. The molecule has 18 heavy (non-hydrogen) atoms. The summed E-state index contributed by atoms with van der Waals surface area (Å²) in [5.41, 5.74) is -0.530. The van der Waals surface area contributed by atoms with Gasteiger partial charge in [-0.1, -0.05) is 18.8 Å². The predicted octanol–water partition coefficient (Wildman–Crippen LogP) is 1.20. The van der Waals surface area contributed by atoms with Crippen molar-refractivity contribution < 1.29 is 19.7 Å². The van der Waals surface area contributed by atoms with Gasteiger partial charge in [0.25, 0.3) is 0 Å². The Labute approximate surface area is 109 Å². The molecular weight excluding hydrogens is 232 g/mol. The summed E-state index contributed by atoms with van der Waals surface area (Å²) < 4.78 is 4.98. The van der Waals surface area contributed by atoms with Crippen LogP contribution in [-0.2, 0) is 9.53 Å². The normalized spacial score (nSPS) is 16.2. The lowest BCUT2D eigenvalue weighted by atomic mass is 9.94. The Morgan fingerprint density at radius 3 is 2.33 bits per heavy atom. The second-order valence-corrected chi connectivity index (χ2v) is 5.59. The molecule has 4 heteroatoms. The van der Waals surface area contributed by atoms with Gasteiger partial charge in [0.1, 0.15) is 0 Å². The molecule has 0 radical (unpaired) electrons. The molecule has 0 aliphatic rings. The molecule has 2 N–H and O–H groups in total. The molecule has 0 saturated carbocycles. The van der Waals surface area contributed by atoms with Crippen LogP contribution >= 0.6 is 0 Å². The molecule has 0 rings (SSSR count). The summed E-state index contributed by atoms with van der Waals surface area (Å²) in [5.74, 6) is 4.75. The summed E-state index contributed by atoms with van der Waals surface area (Å²) in [6.45, 7) is 8.80. The van der Waals surface area contributed by atoms with Gasteiger partial charge in [0.15, 0.2) is 6.61 Å². The van der Waals surface area contributed by atoms with Crippen LogP contribution in [0.4, 0.5) is 0 Å². The molecule has 0 spiro atoms. The van der Waals surface area contributed by atoms with Gasteiger partial charge in [-0.25, -0.2) is 0 Å². The zero-order chi connectivity index (χ0) is 14.3. The van der Waals surface area contributed by atoms with E-state index in [1.165, 1.54) is 0 Å². The Hall–Kier alpha value is -1.05. The number of aliphatic hydroxyl groups excluding tert-OH is 2. The number of carbonyl (C=O) groups is 1. The van der Waals surface area contributed by atoms with Crippen molar-refractivity contribution in [2.75, 3.05) is 13.2 Å². The van der Waals surface area contributed by atoms with Gasteiger partial charge in [-0.3, -0.25) is 4.79 Å². The second kappa shape index (κ2) is 7.40. The molecule has 4 nitrogen and oxygen atoms in total. The van der Waals surface area contributed by atoms with Crippen molar-refractivity contribution >= 4 is 5.97 Å². The summed E-state index contributed by atoms with van der Waals surface area (Å²) in [5, 5.41) is 18.7. The van der Waals surface area contributed by atoms with Gasteiger partial charge in [-0.15, -0.1) is 0 Å². The molecule has 0 fully saturated rings. The largest absolute Gasteiger partial charge is 0.452 e. The van der Waals surface area contributed by atoms with Crippen LogP contribution in [0.15, 0.2) is 0 Å². The molecule has 0 aliphatic heterocycles. The Morgan fingerprint density at radius 2 is 1.89 bits per heavy atom. The summed E-state index contributed by atoms with van der Waals surface area (Å²) >= 11 is 0. The molecule has 0 heterocycles. The lowest BCUT2D eigenvalue weighted by Crippen LogP contribution is -2.27. The Morgan fingerprint density at radius 1 is 1.33 bits per heavy atom. The Bertz CT molecular complexity index is 319. The third kappa shape index (κ3) is 6.04. The van der Waals surface area contributed by atoms with Crippen LogP contribution in [0.1, 0.15) is 34.6 Å². The molecule has 3 atom stereocenters. The molecule has 0 aromatic rings. The number of hydrogen-bond acceptors (Lipinski definition) is 4. The molecule has 0 aliphatic carbocycles. The van der Waals surface area contributed by atoms with Crippen molar-refractivity contribution in [1.29, 1.82) is 0 Å². The van der Waals surface area contributed by atoms with Crippen molar-refractivity contribution in [2.24, 2.45) is 17.3 Å². The molecule has 0 aromatic heterocycles. The first-order chi connectivity index (χ1) is 8.20. The van der Waals surface area contributed by atoms with E-state index in [0.717, 1.165) is 0 Å². The van der Waals surface area contributed by atoms with Crippen molar-refractivity contribution in [3.8, 4) is 11.8 Å². The summed E-state index contributed by atoms with van der Waals surface area (Å²) in [6, 6.07) is 0. The molecule has 0 saturated heterocycles. The van der Waals surface area contributed by atoms with Crippen molar-refractivity contribution in [1.82, 2.24) is 0 Å². The van der Waals surface area contributed by atoms with Gasteiger partial charge in [0, 0.05) is 18.4 Å². The summed E-state index contributed by atoms with van der Waals surface area (Å²) in [7, 11) is 0. The fourth-order valence-corrected chi connectivity index (χ4v) is 1.21. The first-order valence-corrected chi connectivity index (χ1v) is 6.14. The monoisotopic (exact) mass is 256 g/mol. The van der Waals surface area contributed by atoms with E-state index >= 15 is 0 Å². The maximum absolute atomic E-state index is 11.4. The van der Waals surface area contributed by atoms with E-state index in [4.69, 9.17) is 9.84 Å². The summed E-state index contributed by atoms with van der Waals surface area (Å²) in [6.07, 6.45) is -0.680. The number of aliphatic hydroxyl groups is 2. The van der Waals surface area contributed by atoms with Gasteiger partial charge in [-0.05, 0) is 27.7 Å². The van der Waals surface area contributed by atoms with Gasteiger partial charge >= 0.3 is 5.97 Å². The van der Waals surface area contributed by atoms with E-state index in [-0.39, 0.29) is 31.0 Å². The predicted molar refractivity (Wildman–Crippen MR) is 69.6 cm³/mol. The van der Waals surface area contributed by atoms with Crippen LogP contribution in [0.5, 0.6) is 0 Å². The highest BCUT2D eigenvalue weighted by molar-refractivity contribution is 5.75. The third-order valence-corrected chi connectivity index (χ3v) is 2.60. The fourth-order valence-electron chi connectivity index (χ4n) is 1.21. The molecular formula is C14H24O4. The van der Waals surface area contributed by atoms with E-state index in [2.05, 4.69) is 11.8 Å². The molecule has 0 bridgehead atoms. The Balaban J connectivity index is 4.16. The number of ether oxygens (including phenoxy) is 1. The maximum Gasteiger partial charge on any atom is 0.312 e. The highest BCUT2D eigenvalue weighted by atomic mass is 16.5. The van der Waals surface area contributed by atoms with Gasteiger partial charge in [0.2, 0.25) is 0 Å². The quantitative estimate of drug-likeness (QED) is 0.586. The highest BCUT2D eigenvalue weighted by Crippen LogP contribution is 2.15. The summed E-state index contributed by atoms with van der Waals surface area (Å²) in [4.78, 5) is 11.4. The molecule has 0 aromatic carbocycles. The number of carbonyl (C=O) groups excluding carboxylic acids is 1. The number of rotatable bonds is 4. The first-order valence-electron chi connectivity index (χ1n) is 6.14. The fraction of sp³-hybridized carbons (Fsp3) is 0.786. The van der Waals surface area contributed by atoms with Crippen LogP contribution in [0.25, 0.3) is 0 Å². The zero-order valence-corrected chi connectivity index (χ0v) is 11.9. The highest BCUT2D eigenvalue weighted by Gasteiger charge is 2.22. The number of hydrogen-bond donors (Lipinski definition) is 2. The zero-order valence-electron chi connectivity index (χ0n) is 11.9. The lowest BCUT2D eigenvalue weighted by molar-refractivity contribution is -0.151. The van der Waals surface area contributed by atoms with E-state index in [1.807, 2.05) is 0 Å².